The number of para-hydroxylation sites is 1. The van der Waals surface area contributed by atoms with E-state index in [-0.39, 0.29) is 17.9 Å². The Balaban J connectivity index is 2.52. The minimum atomic E-state index is -0.154. The maximum Gasteiger partial charge on any atom is 0.310 e. The van der Waals surface area contributed by atoms with Gasteiger partial charge in [-0.1, -0.05) is 18.2 Å². The molecule has 0 aliphatic carbocycles. The lowest BCUT2D eigenvalue weighted by atomic mass is 10.0. The van der Waals surface area contributed by atoms with Gasteiger partial charge < -0.3 is 10.1 Å². The fraction of sp³-hybridized carbons (Fsp3) is 0.462. The van der Waals surface area contributed by atoms with Crippen molar-refractivity contribution in [2.45, 2.75) is 26.8 Å². The topological polar surface area (TPSA) is 38.3 Å². The van der Waals surface area contributed by atoms with Gasteiger partial charge in [0.2, 0.25) is 0 Å². The van der Waals surface area contributed by atoms with Crippen molar-refractivity contribution in [1.82, 2.24) is 0 Å². The van der Waals surface area contributed by atoms with E-state index < -0.39 is 0 Å². The van der Waals surface area contributed by atoms with Gasteiger partial charge in [0.25, 0.3) is 0 Å². The van der Waals surface area contributed by atoms with Gasteiger partial charge >= 0.3 is 5.97 Å². The summed E-state index contributed by atoms with van der Waals surface area (Å²) < 4.78 is 4.98. The predicted molar refractivity (Wildman–Crippen MR) is 65.3 cm³/mol. The number of rotatable bonds is 5. The molecule has 0 saturated carbocycles. The van der Waals surface area contributed by atoms with Gasteiger partial charge in [-0.05, 0) is 32.9 Å². The maximum absolute atomic E-state index is 11.5. The first-order chi connectivity index (χ1) is 7.65. The van der Waals surface area contributed by atoms with Crippen molar-refractivity contribution < 1.29 is 9.53 Å². The summed E-state index contributed by atoms with van der Waals surface area (Å²) >= 11 is 0. The molecule has 0 spiro atoms. The summed E-state index contributed by atoms with van der Waals surface area (Å²) in [5.74, 6) is -0.307. The minimum Gasteiger partial charge on any atom is -0.466 e. The molecule has 1 aromatic carbocycles. The lowest BCUT2D eigenvalue weighted by Gasteiger charge is -2.20. The highest BCUT2D eigenvalue weighted by Crippen LogP contribution is 2.13. The van der Waals surface area contributed by atoms with Crippen LogP contribution in [0.4, 0.5) is 5.69 Å². The van der Waals surface area contributed by atoms with E-state index in [0.29, 0.717) is 6.61 Å². The third-order valence-electron chi connectivity index (χ3n) is 2.58. The van der Waals surface area contributed by atoms with E-state index in [0.717, 1.165) is 5.69 Å². The number of carbonyl (C=O) groups is 1. The zero-order valence-corrected chi connectivity index (χ0v) is 10.1. The van der Waals surface area contributed by atoms with E-state index in [1.165, 1.54) is 0 Å². The Hall–Kier alpha value is -1.51. The Bertz CT molecular complexity index is 324. The molecule has 0 heterocycles. The molecule has 3 nitrogen and oxygen atoms in total. The van der Waals surface area contributed by atoms with Crippen LogP contribution in [0.5, 0.6) is 0 Å². The molecule has 0 saturated heterocycles. The van der Waals surface area contributed by atoms with Crippen molar-refractivity contribution in [2.24, 2.45) is 5.92 Å². The number of esters is 1. The molecule has 0 radical (unpaired) electrons. The van der Waals surface area contributed by atoms with Crippen molar-refractivity contribution in [3.63, 3.8) is 0 Å². The Morgan fingerprint density at radius 1 is 1.31 bits per heavy atom. The van der Waals surface area contributed by atoms with E-state index in [4.69, 9.17) is 4.74 Å². The Morgan fingerprint density at radius 3 is 2.50 bits per heavy atom. The van der Waals surface area contributed by atoms with E-state index in [1.807, 2.05) is 51.1 Å². The lowest BCUT2D eigenvalue weighted by molar-refractivity contribution is -0.147. The molecule has 2 unspecified atom stereocenters. The summed E-state index contributed by atoms with van der Waals surface area (Å²) in [4.78, 5) is 11.5. The van der Waals surface area contributed by atoms with E-state index in [2.05, 4.69) is 5.32 Å². The van der Waals surface area contributed by atoms with Crippen molar-refractivity contribution in [2.75, 3.05) is 11.9 Å². The number of benzene rings is 1. The number of ether oxygens (including phenoxy) is 1. The zero-order valence-electron chi connectivity index (χ0n) is 10.1. The second kappa shape index (κ2) is 6.16. The molecule has 1 aromatic rings. The smallest absolute Gasteiger partial charge is 0.310 e. The summed E-state index contributed by atoms with van der Waals surface area (Å²) in [7, 11) is 0. The number of carbonyl (C=O) groups excluding carboxylic acids is 1. The Labute approximate surface area is 96.8 Å². The van der Waals surface area contributed by atoms with E-state index >= 15 is 0 Å². The second-order valence-corrected chi connectivity index (χ2v) is 3.84. The van der Waals surface area contributed by atoms with E-state index in [9.17, 15) is 4.79 Å². The van der Waals surface area contributed by atoms with Gasteiger partial charge in [0.15, 0.2) is 0 Å². The van der Waals surface area contributed by atoms with Crippen molar-refractivity contribution in [3.8, 4) is 0 Å². The molecule has 88 valence electrons. The largest absolute Gasteiger partial charge is 0.466 e. The maximum atomic E-state index is 11.5. The molecule has 0 aromatic heterocycles. The van der Waals surface area contributed by atoms with Gasteiger partial charge in [-0.25, -0.2) is 0 Å². The molecule has 1 N–H and O–H groups in total. The third kappa shape index (κ3) is 3.57. The number of nitrogens with one attached hydrogen (secondary N) is 1. The number of hydrogen-bond acceptors (Lipinski definition) is 3. The summed E-state index contributed by atoms with van der Waals surface area (Å²) in [6.07, 6.45) is 0. The molecule has 0 aliphatic heterocycles. The molecule has 0 bridgehead atoms. The van der Waals surface area contributed by atoms with Gasteiger partial charge in [0.05, 0.1) is 12.5 Å². The highest BCUT2D eigenvalue weighted by Gasteiger charge is 2.20. The number of anilines is 1. The zero-order chi connectivity index (χ0) is 12.0. The van der Waals surface area contributed by atoms with Crippen LogP contribution in [0, 0.1) is 5.92 Å². The first-order valence-corrected chi connectivity index (χ1v) is 5.63. The Morgan fingerprint density at radius 2 is 1.94 bits per heavy atom. The molecule has 3 heteroatoms. The van der Waals surface area contributed by atoms with Gasteiger partial charge in [0, 0.05) is 11.7 Å². The van der Waals surface area contributed by atoms with Crippen molar-refractivity contribution >= 4 is 11.7 Å². The van der Waals surface area contributed by atoms with E-state index in [1.54, 1.807) is 0 Å². The van der Waals surface area contributed by atoms with Crippen LogP contribution in [0.25, 0.3) is 0 Å². The minimum absolute atomic E-state index is 0.0569. The van der Waals surface area contributed by atoms with Crippen molar-refractivity contribution in [3.05, 3.63) is 30.3 Å². The van der Waals surface area contributed by atoms with Crippen LogP contribution in [0.2, 0.25) is 0 Å². The molecule has 0 aliphatic rings. The molecule has 16 heavy (non-hydrogen) atoms. The lowest BCUT2D eigenvalue weighted by Crippen LogP contribution is -2.31. The normalized spacial score (nSPS) is 13.9. The van der Waals surface area contributed by atoms with Gasteiger partial charge in [-0.3, -0.25) is 4.79 Å². The molecule has 0 fully saturated rings. The fourth-order valence-corrected chi connectivity index (χ4v) is 1.40. The second-order valence-electron chi connectivity index (χ2n) is 3.84. The highest BCUT2D eigenvalue weighted by molar-refractivity contribution is 5.73. The molecule has 2 atom stereocenters. The van der Waals surface area contributed by atoms with Crippen molar-refractivity contribution in [1.29, 1.82) is 0 Å². The van der Waals surface area contributed by atoms with Crippen LogP contribution in [0.1, 0.15) is 20.8 Å². The quantitative estimate of drug-likeness (QED) is 0.777. The van der Waals surface area contributed by atoms with Crippen LogP contribution >= 0.6 is 0 Å². The molecule has 0 amide bonds. The average molecular weight is 221 g/mol. The number of hydrogen-bond donors (Lipinski definition) is 1. The van der Waals surface area contributed by atoms with Gasteiger partial charge in [0.1, 0.15) is 0 Å². The molecular formula is C13H19NO2. The molecule has 1 rings (SSSR count). The Kier molecular flexibility index (Phi) is 4.83. The summed E-state index contributed by atoms with van der Waals surface area (Å²) in [5, 5.41) is 3.28. The van der Waals surface area contributed by atoms with Crippen LogP contribution in [-0.2, 0) is 9.53 Å². The SMILES string of the molecule is CCOC(=O)C(C)C(C)Nc1ccccc1. The first kappa shape index (κ1) is 12.6. The van der Waals surface area contributed by atoms with Gasteiger partial charge in [-0.15, -0.1) is 0 Å². The average Bonchev–Trinajstić information content (AvgIpc) is 2.29. The molecular weight excluding hydrogens is 202 g/mol. The fourth-order valence-electron chi connectivity index (χ4n) is 1.40. The van der Waals surface area contributed by atoms with Gasteiger partial charge in [-0.2, -0.15) is 0 Å². The predicted octanol–water partition coefficient (Wildman–Crippen LogP) is 2.69. The summed E-state index contributed by atoms with van der Waals surface area (Å²) in [6.45, 7) is 6.11. The standard InChI is InChI=1S/C13H19NO2/c1-4-16-13(15)10(2)11(3)14-12-8-6-5-7-9-12/h5-11,14H,4H2,1-3H3. The monoisotopic (exact) mass is 221 g/mol. The highest BCUT2D eigenvalue weighted by atomic mass is 16.5. The third-order valence-corrected chi connectivity index (χ3v) is 2.58. The van der Waals surface area contributed by atoms with Crippen LogP contribution < -0.4 is 5.32 Å². The van der Waals surface area contributed by atoms with Crippen LogP contribution in [0.15, 0.2) is 30.3 Å². The summed E-state index contributed by atoms with van der Waals surface area (Å²) in [6, 6.07) is 9.91. The van der Waals surface area contributed by atoms with Crippen LogP contribution in [-0.4, -0.2) is 18.6 Å². The van der Waals surface area contributed by atoms with Crippen LogP contribution in [0.3, 0.4) is 0 Å². The first-order valence-electron chi connectivity index (χ1n) is 5.63. The summed E-state index contributed by atoms with van der Waals surface area (Å²) in [5.41, 5.74) is 1.02.